The van der Waals surface area contributed by atoms with Gasteiger partial charge in [0.2, 0.25) is 29.6 Å². The van der Waals surface area contributed by atoms with E-state index in [0.717, 1.165) is 144 Å². The molecule has 0 spiro atoms. The minimum absolute atomic E-state index is 0.0992. The van der Waals surface area contributed by atoms with Crippen LogP contribution in [0.1, 0.15) is 106 Å². The quantitative estimate of drug-likeness (QED) is 0.124. The van der Waals surface area contributed by atoms with Gasteiger partial charge in [-0.2, -0.15) is 4.39 Å². The molecule has 6 saturated heterocycles. The Kier molecular flexibility index (Phi) is 19.0. The first-order valence-corrected chi connectivity index (χ1v) is 30.0. The Hall–Kier alpha value is -6.67. The van der Waals surface area contributed by atoms with E-state index in [9.17, 15) is 51.5 Å². The molecular formula is C58H65Br2F3N12O8. The Labute approximate surface area is 495 Å². The summed E-state index contributed by atoms with van der Waals surface area (Å²) < 4.78 is 39.5. The molecule has 12 rings (SSSR count). The van der Waals surface area contributed by atoms with Crippen molar-refractivity contribution in [3.05, 3.63) is 110 Å². The molecule has 25 heteroatoms. The summed E-state index contributed by atoms with van der Waals surface area (Å²) in [6, 6.07) is 11.3. The predicted octanol–water partition coefficient (Wildman–Crippen LogP) is 5.53. The van der Waals surface area contributed by atoms with Crippen LogP contribution in [0.3, 0.4) is 0 Å². The van der Waals surface area contributed by atoms with Crippen LogP contribution < -0.4 is 30.7 Å². The lowest BCUT2D eigenvalue weighted by atomic mass is 9.93. The largest absolute Gasteiger partial charge is 0.369 e. The Morgan fingerprint density at radius 3 is 1.35 bits per heavy atom. The van der Waals surface area contributed by atoms with Crippen LogP contribution in [-0.2, 0) is 19.2 Å². The van der Waals surface area contributed by atoms with Gasteiger partial charge in [-0.15, -0.1) is 0 Å². The molecule has 2 aromatic heterocycles. The number of benzene rings is 2. The predicted molar refractivity (Wildman–Crippen MR) is 307 cm³/mol. The summed E-state index contributed by atoms with van der Waals surface area (Å²) in [5.74, 6) is -4.25. The summed E-state index contributed by atoms with van der Waals surface area (Å²) in [5.41, 5.74) is 3.09. The number of aromatic nitrogens is 2. The van der Waals surface area contributed by atoms with Crippen molar-refractivity contribution in [3.8, 4) is 0 Å². The fourth-order valence-electron chi connectivity index (χ4n) is 12.1. The summed E-state index contributed by atoms with van der Waals surface area (Å²) in [7, 11) is 0. The van der Waals surface area contributed by atoms with Crippen molar-refractivity contribution >= 4 is 96.3 Å². The smallest absolute Gasteiger partial charge is 0.262 e. The van der Waals surface area contributed by atoms with Crippen molar-refractivity contribution in [2.45, 2.75) is 76.3 Å². The number of anilines is 3. The first kappa shape index (κ1) is 59.5. The van der Waals surface area contributed by atoms with Gasteiger partial charge < -0.3 is 20.0 Å². The maximum absolute atomic E-state index is 14.3. The second kappa shape index (κ2) is 26.5. The van der Waals surface area contributed by atoms with Gasteiger partial charge in [-0.05, 0) is 170 Å². The number of pyridine rings is 2. The molecule has 8 aliphatic heterocycles. The molecule has 440 valence electrons. The third-order valence-electron chi connectivity index (χ3n) is 17.0. The molecule has 10 heterocycles. The van der Waals surface area contributed by atoms with Crippen LogP contribution in [0.2, 0.25) is 0 Å². The van der Waals surface area contributed by atoms with Crippen LogP contribution in [-0.4, -0.2) is 181 Å². The van der Waals surface area contributed by atoms with E-state index < -0.39 is 59.3 Å². The molecule has 0 bridgehead atoms. The molecule has 2 atom stereocenters. The average molecular weight is 1280 g/mol. The minimum atomic E-state index is -1.07. The number of rotatable bonds is 11. The Bertz CT molecular complexity index is 3170. The molecule has 0 aliphatic carbocycles. The Morgan fingerprint density at radius 1 is 0.482 bits per heavy atom. The van der Waals surface area contributed by atoms with Gasteiger partial charge in [-0.3, -0.25) is 68.6 Å². The number of imide groups is 4. The zero-order valence-corrected chi connectivity index (χ0v) is 48.9. The van der Waals surface area contributed by atoms with Crippen LogP contribution in [0, 0.1) is 29.4 Å². The van der Waals surface area contributed by atoms with E-state index in [0.29, 0.717) is 42.9 Å². The van der Waals surface area contributed by atoms with Crippen molar-refractivity contribution in [3.63, 3.8) is 0 Å². The van der Waals surface area contributed by atoms with Crippen molar-refractivity contribution in [2.75, 3.05) is 106 Å². The number of amides is 8. The molecule has 6 fully saturated rings. The van der Waals surface area contributed by atoms with Crippen LogP contribution in [0.25, 0.3) is 0 Å². The van der Waals surface area contributed by atoms with Crippen molar-refractivity contribution < 1.29 is 51.5 Å². The molecule has 0 saturated carbocycles. The third kappa shape index (κ3) is 13.8. The molecule has 83 heavy (non-hydrogen) atoms. The number of piperazine rings is 2. The lowest BCUT2D eigenvalue weighted by molar-refractivity contribution is -0.137. The molecule has 2 aromatic carbocycles. The molecule has 0 radical (unpaired) electrons. The average Bonchev–Trinajstić information content (AvgIpc) is 2.25. The molecule has 20 nitrogen and oxygen atoms in total. The highest BCUT2D eigenvalue weighted by molar-refractivity contribution is 9.10. The number of fused-ring (bicyclic) bond motifs is 2. The van der Waals surface area contributed by atoms with Gasteiger partial charge in [-0.25, -0.2) is 18.7 Å². The highest BCUT2D eigenvalue weighted by Crippen LogP contribution is 2.34. The first-order valence-electron chi connectivity index (χ1n) is 28.4. The number of nitrogens with zero attached hydrogens (tertiary/aromatic N) is 9. The van der Waals surface area contributed by atoms with E-state index in [1.54, 1.807) is 30.5 Å². The number of hydrogen-bond acceptors (Lipinski definition) is 16. The number of hydrogen-bond donors (Lipinski definition) is 3. The van der Waals surface area contributed by atoms with Crippen molar-refractivity contribution in [1.82, 2.24) is 45.5 Å². The molecule has 3 N–H and O–H groups in total. The molecular weight excluding hydrogens is 1210 g/mol. The summed E-state index contributed by atoms with van der Waals surface area (Å²) in [5, 5.41) is 7.88. The van der Waals surface area contributed by atoms with Gasteiger partial charge in [0.25, 0.3) is 23.6 Å². The van der Waals surface area contributed by atoms with Gasteiger partial charge in [-0.1, -0.05) is 0 Å². The van der Waals surface area contributed by atoms with Crippen molar-refractivity contribution in [1.29, 1.82) is 0 Å². The van der Waals surface area contributed by atoms with Gasteiger partial charge in [0.15, 0.2) is 17.5 Å². The van der Waals surface area contributed by atoms with Gasteiger partial charge >= 0.3 is 0 Å². The van der Waals surface area contributed by atoms with Gasteiger partial charge in [0.05, 0.1) is 22.3 Å². The lowest BCUT2D eigenvalue weighted by Gasteiger charge is -2.38. The second-order valence-electron chi connectivity index (χ2n) is 22.1. The van der Waals surface area contributed by atoms with E-state index in [-0.39, 0.29) is 43.3 Å². The summed E-state index contributed by atoms with van der Waals surface area (Å²) in [6.07, 6.45) is 10.3. The Morgan fingerprint density at radius 2 is 0.916 bits per heavy atom. The molecule has 8 aliphatic rings. The summed E-state index contributed by atoms with van der Waals surface area (Å²) in [6.45, 7) is 13.2. The van der Waals surface area contributed by atoms with Gasteiger partial charge in [0.1, 0.15) is 12.1 Å². The van der Waals surface area contributed by atoms with Crippen LogP contribution >= 0.6 is 31.9 Å². The maximum atomic E-state index is 14.3. The zero-order chi connectivity index (χ0) is 58.5. The molecule has 2 unspecified atom stereocenters. The first-order chi connectivity index (χ1) is 40.0. The fourth-order valence-corrected chi connectivity index (χ4v) is 12.7. The number of nitrogens with one attached hydrogen (secondary N) is 3. The number of halogens is 5. The van der Waals surface area contributed by atoms with E-state index in [1.165, 1.54) is 31.5 Å². The Balaban J connectivity index is 0.000000164. The van der Waals surface area contributed by atoms with Crippen LogP contribution in [0.5, 0.6) is 0 Å². The van der Waals surface area contributed by atoms with E-state index in [4.69, 9.17) is 0 Å². The molecule has 8 amide bonds. The SMILES string of the molecule is Fc1cc(Br)cnc1F.O=C1CCC(N2C(=O)c3ccc(N4CCN(CCC5CCN(c6ncc(Br)cc6F)CC5)CC4)cc3C2=O)C(=O)N1.O=C1CCC(N2C(=O)c3ccc(N4CCN(CCC5CCNCC5)CC4)cc3C2=O)C(=O)N1. The van der Waals surface area contributed by atoms with E-state index >= 15 is 0 Å². The molecule has 4 aromatic rings. The standard InChI is InChI=1S/C29H32BrFN6O4.C24H31N5O4.C5H2BrF2N/c30-19-15-23(31)26(32-17-19)36-9-6-18(7-10-36)5-8-34-11-13-35(14-12-34)20-1-2-21-22(16-20)29(41)37(28(21)40)24-3-4-25(38)33-27(24)39;30-21-4-3-20(22(31)26-21)29-23(32)18-2-1-17(15-19(18)24(29)33)28-13-11-27(12-14-28)10-7-16-5-8-25-9-6-16;6-3-1-4(7)5(8)9-2-3/h1-2,15-18,24H,3-14H2,(H,33,38,39);1-2,15-16,20,25H,3-14H2,(H,26,30,31);1-2H. The summed E-state index contributed by atoms with van der Waals surface area (Å²) >= 11 is 6.19. The van der Waals surface area contributed by atoms with E-state index in [2.05, 4.69) is 77.4 Å². The van der Waals surface area contributed by atoms with Gasteiger partial charge in [0, 0.05) is 111 Å². The van der Waals surface area contributed by atoms with E-state index in [1.807, 2.05) is 17.0 Å². The fraction of sp³-hybridized carbons (Fsp3) is 0.483. The zero-order valence-electron chi connectivity index (χ0n) is 45.7. The second-order valence-corrected chi connectivity index (χ2v) is 23.9. The maximum Gasteiger partial charge on any atom is 0.262 e. The lowest BCUT2D eigenvalue weighted by Crippen LogP contribution is -2.54. The minimum Gasteiger partial charge on any atom is -0.369 e. The summed E-state index contributed by atoms with van der Waals surface area (Å²) in [4.78, 5) is 120. The topological polar surface area (TPSA) is 221 Å². The van der Waals surface area contributed by atoms with Crippen molar-refractivity contribution in [2.24, 2.45) is 11.8 Å². The van der Waals surface area contributed by atoms with Crippen LogP contribution in [0.4, 0.5) is 30.4 Å². The normalized spacial score (nSPS) is 22.0. The highest BCUT2D eigenvalue weighted by Gasteiger charge is 2.46. The van der Waals surface area contributed by atoms with Crippen LogP contribution in [0.15, 0.2) is 69.9 Å². The monoisotopic (exact) mass is 1270 g/mol. The number of piperidine rings is 4. The third-order valence-corrected chi connectivity index (χ3v) is 17.8. The number of carbonyl (C=O) groups excluding carboxylic acids is 8. The highest BCUT2D eigenvalue weighted by atomic mass is 79.9. The number of carbonyl (C=O) groups is 8.